The Balaban J connectivity index is 1.16. The molecule has 0 saturated heterocycles. The van der Waals surface area contributed by atoms with Crippen LogP contribution in [0.1, 0.15) is 38.5 Å². The molecule has 4 aliphatic rings. The molecule has 3 N–H and O–H groups in total. The Bertz CT molecular complexity index is 966. The van der Waals surface area contributed by atoms with Crippen molar-refractivity contribution in [3.8, 4) is 5.75 Å². The van der Waals surface area contributed by atoms with E-state index in [2.05, 4.69) is 35.6 Å². The molecular formula is C23H29F3N6O2. The topological polar surface area (TPSA) is 93.2 Å². The highest BCUT2D eigenvalue weighted by Gasteiger charge is 2.51. The predicted octanol–water partition coefficient (Wildman–Crippen LogP) is 4.95. The first kappa shape index (κ1) is 22.9. The summed E-state index contributed by atoms with van der Waals surface area (Å²) in [6.07, 6.45) is 2.98. The molecule has 1 aromatic carbocycles. The van der Waals surface area contributed by atoms with Crippen LogP contribution in [-0.2, 0) is 4.74 Å². The fraction of sp³-hybridized carbons (Fsp3) is 0.609. The number of nitrogens with one attached hydrogen (secondary N) is 3. The van der Waals surface area contributed by atoms with Crippen LogP contribution in [0.3, 0.4) is 0 Å². The lowest BCUT2D eigenvalue weighted by Crippen LogP contribution is -2.52. The summed E-state index contributed by atoms with van der Waals surface area (Å²) >= 11 is 0. The van der Waals surface area contributed by atoms with Crippen molar-refractivity contribution in [2.24, 2.45) is 17.8 Å². The molecule has 184 valence electrons. The third-order valence-corrected chi connectivity index (χ3v) is 6.98. The highest BCUT2D eigenvalue weighted by Crippen LogP contribution is 2.57. The van der Waals surface area contributed by atoms with Gasteiger partial charge in [0, 0.05) is 19.3 Å². The van der Waals surface area contributed by atoms with E-state index in [0.29, 0.717) is 30.7 Å². The standard InChI is InChI=1S/C23H29F3N6O2/c1-27-19-30-20(28-6-7-33-22-11-14-8-15(12-22)10-16(9-14)13-22)32-21(31-19)29-17-2-4-18(5-3-17)34-23(24,25)26/h2-5,14-16H,6-13H2,1H3,(H3,27,28,29,30,31,32). The molecule has 8 nitrogen and oxygen atoms in total. The molecule has 2 aromatic rings. The van der Waals surface area contributed by atoms with Gasteiger partial charge in [0.25, 0.3) is 0 Å². The number of rotatable bonds is 9. The molecule has 11 heteroatoms. The predicted molar refractivity (Wildman–Crippen MR) is 121 cm³/mol. The van der Waals surface area contributed by atoms with E-state index in [1.54, 1.807) is 7.05 Å². The minimum absolute atomic E-state index is 0.0559. The molecule has 34 heavy (non-hydrogen) atoms. The monoisotopic (exact) mass is 478 g/mol. The Morgan fingerprint density at radius 1 is 0.912 bits per heavy atom. The number of anilines is 4. The quantitative estimate of drug-likeness (QED) is 0.436. The molecule has 0 unspecified atom stereocenters. The maximum atomic E-state index is 12.3. The smallest absolute Gasteiger partial charge is 0.406 e. The Morgan fingerprint density at radius 2 is 1.50 bits per heavy atom. The van der Waals surface area contributed by atoms with Gasteiger partial charge in [0.15, 0.2) is 0 Å². The number of ether oxygens (including phenoxy) is 2. The second-order valence-corrected chi connectivity index (χ2v) is 9.63. The summed E-state index contributed by atoms with van der Waals surface area (Å²) in [6, 6.07) is 5.35. The third kappa shape index (κ3) is 5.45. The summed E-state index contributed by atoms with van der Waals surface area (Å²) in [7, 11) is 1.70. The van der Waals surface area contributed by atoms with Crippen molar-refractivity contribution in [1.82, 2.24) is 15.0 Å². The lowest BCUT2D eigenvalue weighted by atomic mass is 9.54. The average Bonchev–Trinajstić information content (AvgIpc) is 2.76. The zero-order chi connectivity index (χ0) is 23.8. The van der Waals surface area contributed by atoms with Gasteiger partial charge in [0.05, 0.1) is 12.2 Å². The van der Waals surface area contributed by atoms with Crippen LogP contribution in [0.5, 0.6) is 5.75 Å². The van der Waals surface area contributed by atoms with Crippen LogP contribution in [0.4, 0.5) is 36.7 Å². The van der Waals surface area contributed by atoms with E-state index in [1.807, 2.05) is 0 Å². The largest absolute Gasteiger partial charge is 0.573 e. The van der Waals surface area contributed by atoms with Gasteiger partial charge in [-0.25, -0.2) is 0 Å². The molecule has 0 spiro atoms. The molecule has 4 bridgehead atoms. The van der Waals surface area contributed by atoms with Gasteiger partial charge in [-0.1, -0.05) is 0 Å². The van der Waals surface area contributed by atoms with Crippen LogP contribution >= 0.6 is 0 Å². The first-order chi connectivity index (χ1) is 16.3. The molecule has 0 aliphatic heterocycles. The summed E-state index contributed by atoms with van der Waals surface area (Å²) in [5.41, 5.74) is 0.569. The summed E-state index contributed by atoms with van der Waals surface area (Å²) in [6.45, 7) is 1.15. The molecule has 0 radical (unpaired) electrons. The van der Waals surface area contributed by atoms with E-state index < -0.39 is 6.36 Å². The van der Waals surface area contributed by atoms with Crippen molar-refractivity contribution in [3.05, 3.63) is 24.3 Å². The van der Waals surface area contributed by atoms with Gasteiger partial charge in [-0.2, -0.15) is 15.0 Å². The molecule has 0 atom stereocenters. The van der Waals surface area contributed by atoms with Crippen LogP contribution in [-0.4, -0.2) is 47.1 Å². The van der Waals surface area contributed by atoms with Crippen LogP contribution in [0.2, 0.25) is 0 Å². The van der Waals surface area contributed by atoms with E-state index >= 15 is 0 Å². The van der Waals surface area contributed by atoms with Crippen molar-refractivity contribution in [1.29, 1.82) is 0 Å². The second-order valence-electron chi connectivity index (χ2n) is 9.63. The number of benzene rings is 1. The summed E-state index contributed by atoms with van der Waals surface area (Å²) in [5, 5.41) is 9.07. The lowest BCUT2D eigenvalue weighted by Gasteiger charge is -2.56. The fourth-order valence-electron chi connectivity index (χ4n) is 6.13. The summed E-state index contributed by atoms with van der Waals surface area (Å²) in [5.74, 6) is 3.21. The average molecular weight is 479 g/mol. The molecule has 4 fully saturated rings. The molecule has 1 heterocycles. The maximum absolute atomic E-state index is 12.3. The summed E-state index contributed by atoms with van der Waals surface area (Å²) in [4.78, 5) is 13.0. The third-order valence-electron chi connectivity index (χ3n) is 6.98. The highest BCUT2D eigenvalue weighted by atomic mass is 19.4. The first-order valence-corrected chi connectivity index (χ1v) is 11.7. The Labute approximate surface area is 196 Å². The molecule has 6 rings (SSSR count). The van der Waals surface area contributed by atoms with Gasteiger partial charge >= 0.3 is 6.36 Å². The van der Waals surface area contributed by atoms with Gasteiger partial charge in [0.1, 0.15) is 5.75 Å². The zero-order valence-corrected chi connectivity index (χ0v) is 19.0. The Hall–Kier alpha value is -2.82. The second kappa shape index (κ2) is 9.09. The van der Waals surface area contributed by atoms with E-state index in [1.165, 1.54) is 62.8 Å². The molecule has 4 saturated carbocycles. The van der Waals surface area contributed by atoms with Gasteiger partial charge in [-0.05, 0) is 80.5 Å². The van der Waals surface area contributed by atoms with Crippen molar-refractivity contribution in [3.63, 3.8) is 0 Å². The fourth-order valence-corrected chi connectivity index (χ4v) is 6.13. The van der Waals surface area contributed by atoms with Crippen molar-refractivity contribution < 1.29 is 22.6 Å². The van der Waals surface area contributed by atoms with E-state index in [0.717, 1.165) is 17.8 Å². The molecule has 1 aromatic heterocycles. The van der Waals surface area contributed by atoms with Crippen LogP contribution < -0.4 is 20.7 Å². The zero-order valence-electron chi connectivity index (χ0n) is 19.0. The molecular weight excluding hydrogens is 449 g/mol. The number of nitrogens with zero attached hydrogens (tertiary/aromatic N) is 3. The van der Waals surface area contributed by atoms with Gasteiger partial charge < -0.3 is 25.4 Å². The van der Waals surface area contributed by atoms with Crippen LogP contribution in [0, 0.1) is 17.8 Å². The number of aromatic nitrogens is 3. The lowest BCUT2D eigenvalue weighted by molar-refractivity contribution is -0.274. The van der Waals surface area contributed by atoms with Crippen molar-refractivity contribution >= 4 is 23.5 Å². The van der Waals surface area contributed by atoms with Gasteiger partial charge in [-0.15, -0.1) is 13.2 Å². The number of hydrogen-bond donors (Lipinski definition) is 3. The number of halogens is 3. The normalized spacial score (nSPS) is 27.5. The van der Waals surface area contributed by atoms with E-state index in [4.69, 9.17) is 4.74 Å². The number of hydrogen-bond acceptors (Lipinski definition) is 8. The van der Waals surface area contributed by atoms with E-state index in [9.17, 15) is 13.2 Å². The minimum atomic E-state index is -4.73. The summed E-state index contributed by atoms with van der Waals surface area (Å²) < 4.78 is 47.4. The Kier molecular flexibility index (Phi) is 6.13. The van der Waals surface area contributed by atoms with Crippen LogP contribution in [0.25, 0.3) is 0 Å². The van der Waals surface area contributed by atoms with Gasteiger partial charge in [0.2, 0.25) is 17.8 Å². The van der Waals surface area contributed by atoms with Crippen LogP contribution in [0.15, 0.2) is 24.3 Å². The van der Waals surface area contributed by atoms with Crippen molar-refractivity contribution in [2.45, 2.75) is 50.5 Å². The highest BCUT2D eigenvalue weighted by molar-refractivity contribution is 5.56. The van der Waals surface area contributed by atoms with Gasteiger partial charge in [-0.3, -0.25) is 0 Å². The maximum Gasteiger partial charge on any atom is 0.573 e. The molecule has 4 aliphatic carbocycles. The molecule has 0 amide bonds. The van der Waals surface area contributed by atoms with Crippen molar-refractivity contribution in [2.75, 3.05) is 36.1 Å². The minimum Gasteiger partial charge on any atom is -0.406 e. The van der Waals surface area contributed by atoms with E-state index in [-0.39, 0.29) is 17.3 Å². The SMILES string of the molecule is CNc1nc(NCCOC23CC4CC(CC(C4)C2)C3)nc(Nc2ccc(OC(F)(F)F)cc2)n1. The number of alkyl halides is 3. The first-order valence-electron chi connectivity index (χ1n) is 11.7. The Morgan fingerprint density at radius 3 is 2.09 bits per heavy atom.